The van der Waals surface area contributed by atoms with Crippen LogP contribution in [0.2, 0.25) is 0 Å². The first kappa shape index (κ1) is 19.8. The maximum absolute atomic E-state index is 13.1. The van der Waals surface area contributed by atoms with Gasteiger partial charge in [-0.15, -0.1) is 0 Å². The van der Waals surface area contributed by atoms with Crippen molar-refractivity contribution in [3.05, 3.63) is 80.5 Å². The summed E-state index contributed by atoms with van der Waals surface area (Å²) in [5, 5.41) is 0.520. The zero-order valence-electron chi connectivity index (χ0n) is 15.6. The molecule has 0 N–H and O–H groups in total. The fourth-order valence-corrected chi connectivity index (χ4v) is 5.27. The van der Waals surface area contributed by atoms with Crippen LogP contribution in [0.5, 0.6) is 0 Å². The predicted octanol–water partition coefficient (Wildman–Crippen LogP) is 4.97. The first-order chi connectivity index (χ1) is 14.1. The quantitative estimate of drug-likeness (QED) is 0.184. The number of carbonyl (C=O) groups is 1. The molecule has 0 fully saturated rings. The molecule has 0 saturated carbocycles. The number of benzene rings is 2. The molecule has 0 spiro atoms. The molecule has 0 saturated heterocycles. The Morgan fingerprint density at radius 3 is 2.41 bits per heavy atom. The van der Waals surface area contributed by atoms with E-state index in [1.54, 1.807) is 16.7 Å². The van der Waals surface area contributed by atoms with E-state index in [0.29, 0.717) is 31.6 Å². The Labute approximate surface area is 180 Å². The van der Waals surface area contributed by atoms with Gasteiger partial charge in [-0.2, -0.15) is 0 Å². The maximum Gasteiger partial charge on any atom is 0.273 e. The third-order valence-corrected chi connectivity index (χ3v) is 6.74. The van der Waals surface area contributed by atoms with Crippen LogP contribution in [0, 0.1) is 3.95 Å². The summed E-state index contributed by atoms with van der Waals surface area (Å²) in [6.07, 6.45) is 0. The summed E-state index contributed by atoms with van der Waals surface area (Å²) in [7, 11) is 0. The molecule has 2 aromatic heterocycles. The Morgan fingerprint density at radius 1 is 1.10 bits per heavy atom. The molecular formula is C21H17N3O2S3. The van der Waals surface area contributed by atoms with E-state index in [1.165, 1.54) is 23.1 Å². The highest BCUT2D eigenvalue weighted by molar-refractivity contribution is 7.99. The summed E-state index contributed by atoms with van der Waals surface area (Å²) in [4.78, 5) is 30.3. The van der Waals surface area contributed by atoms with Gasteiger partial charge in [0.05, 0.1) is 5.75 Å². The number of carbonyl (C=O) groups excluding carboxylic acids is 1. The van der Waals surface area contributed by atoms with Gasteiger partial charge in [0, 0.05) is 17.8 Å². The molecule has 2 heterocycles. The smallest absolute Gasteiger partial charge is 0.273 e. The summed E-state index contributed by atoms with van der Waals surface area (Å²) in [5.74, 6) is 0.204. The molecule has 0 unspecified atom stereocenters. The zero-order chi connectivity index (χ0) is 20.4. The number of nitrogens with zero attached hydrogens (tertiary/aromatic N) is 3. The molecule has 0 amide bonds. The Hall–Kier alpha value is -2.55. The van der Waals surface area contributed by atoms with Crippen molar-refractivity contribution in [3.63, 3.8) is 0 Å². The van der Waals surface area contributed by atoms with E-state index in [9.17, 15) is 9.59 Å². The molecule has 0 aliphatic heterocycles. The van der Waals surface area contributed by atoms with Gasteiger partial charge in [-0.3, -0.25) is 18.7 Å². The minimum atomic E-state index is -0.127. The number of thioether (sulfide) groups is 1. The van der Waals surface area contributed by atoms with Crippen molar-refractivity contribution < 1.29 is 4.79 Å². The highest BCUT2D eigenvalue weighted by atomic mass is 32.2. The van der Waals surface area contributed by atoms with Crippen LogP contribution in [0.1, 0.15) is 17.3 Å². The number of ketones is 1. The average Bonchev–Trinajstić information content (AvgIpc) is 3.09. The highest BCUT2D eigenvalue weighted by Gasteiger charge is 2.18. The monoisotopic (exact) mass is 439 g/mol. The molecule has 29 heavy (non-hydrogen) atoms. The Balaban J connectivity index is 1.78. The second-order valence-corrected chi connectivity index (χ2v) is 8.80. The van der Waals surface area contributed by atoms with Crippen LogP contribution in [-0.4, -0.2) is 25.7 Å². The van der Waals surface area contributed by atoms with Gasteiger partial charge >= 0.3 is 0 Å². The predicted molar refractivity (Wildman–Crippen MR) is 121 cm³/mol. The molecule has 0 atom stereocenters. The van der Waals surface area contributed by atoms with Gasteiger partial charge in [0.1, 0.15) is 4.70 Å². The number of aromatic nitrogens is 3. The Bertz CT molecular complexity index is 1290. The lowest BCUT2D eigenvalue weighted by Crippen LogP contribution is -2.22. The first-order valence-corrected chi connectivity index (χ1v) is 11.2. The second-order valence-electron chi connectivity index (χ2n) is 6.21. The fourth-order valence-electron chi connectivity index (χ4n) is 3.00. The Morgan fingerprint density at radius 2 is 1.76 bits per heavy atom. The van der Waals surface area contributed by atoms with Crippen molar-refractivity contribution in [2.45, 2.75) is 18.6 Å². The summed E-state index contributed by atoms with van der Waals surface area (Å²) in [5.41, 5.74) is 1.92. The van der Waals surface area contributed by atoms with Gasteiger partial charge in [0.2, 0.25) is 0 Å². The standard InChI is InChI=1S/C21H17N3O2S3/c1-2-23-19(26)17-18(24(21(27)29-17)15-11-7-4-8-12-15)22-20(23)28-13-16(25)14-9-5-3-6-10-14/h3-12H,2,13H2,1H3. The van der Waals surface area contributed by atoms with E-state index in [4.69, 9.17) is 17.2 Å². The maximum atomic E-state index is 13.1. The van der Waals surface area contributed by atoms with Crippen LogP contribution in [-0.2, 0) is 6.54 Å². The van der Waals surface area contributed by atoms with Crippen LogP contribution in [0.3, 0.4) is 0 Å². The molecule has 0 aliphatic carbocycles. The molecule has 0 aliphatic rings. The third kappa shape index (κ3) is 3.83. The van der Waals surface area contributed by atoms with Crippen LogP contribution in [0.15, 0.2) is 70.6 Å². The van der Waals surface area contributed by atoms with E-state index in [2.05, 4.69) is 0 Å². The number of rotatable bonds is 6. The van der Waals surface area contributed by atoms with E-state index >= 15 is 0 Å². The lowest BCUT2D eigenvalue weighted by atomic mass is 10.2. The van der Waals surface area contributed by atoms with E-state index in [0.717, 1.165) is 5.69 Å². The molecule has 5 nitrogen and oxygen atoms in total. The topological polar surface area (TPSA) is 56.9 Å². The minimum absolute atomic E-state index is 0.00203. The third-order valence-electron chi connectivity index (χ3n) is 4.42. The largest absolute Gasteiger partial charge is 0.293 e. The van der Waals surface area contributed by atoms with Gasteiger partial charge in [0.25, 0.3) is 5.56 Å². The van der Waals surface area contributed by atoms with Crippen LogP contribution in [0.25, 0.3) is 16.0 Å². The molecule has 146 valence electrons. The number of Topliss-reactive ketones (excluding diaryl/α,β-unsaturated/α-hetero) is 1. The average molecular weight is 440 g/mol. The van der Waals surface area contributed by atoms with Crippen molar-refractivity contribution in [1.29, 1.82) is 0 Å². The number of thiazole rings is 1. The SMILES string of the molecule is CCn1c(SCC(=O)c2ccccc2)nc2c(sc(=S)n2-c2ccccc2)c1=O. The molecule has 2 aromatic carbocycles. The molecular weight excluding hydrogens is 422 g/mol. The Kier molecular flexibility index (Phi) is 5.75. The van der Waals surface area contributed by atoms with Gasteiger partial charge in [-0.1, -0.05) is 71.6 Å². The normalized spacial score (nSPS) is 11.1. The van der Waals surface area contributed by atoms with Crippen molar-refractivity contribution in [1.82, 2.24) is 14.1 Å². The van der Waals surface area contributed by atoms with E-state index < -0.39 is 0 Å². The highest BCUT2D eigenvalue weighted by Crippen LogP contribution is 2.26. The zero-order valence-corrected chi connectivity index (χ0v) is 18.0. The summed E-state index contributed by atoms with van der Waals surface area (Å²) in [6, 6.07) is 18.8. The van der Waals surface area contributed by atoms with Gasteiger partial charge < -0.3 is 0 Å². The molecule has 4 rings (SSSR count). The molecule has 0 bridgehead atoms. The molecule has 8 heteroatoms. The fraction of sp³-hybridized carbons (Fsp3) is 0.143. The van der Waals surface area contributed by atoms with Gasteiger partial charge in [0.15, 0.2) is 20.5 Å². The van der Waals surface area contributed by atoms with Crippen LogP contribution in [0.4, 0.5) is 0 Å². The second kappa shape index (κ2) is 8.44. The number of hydrogen-bond acceptors (Lipinski definition) is 6. The number of fused-ring (bicyclic) bond motifs is 1. The molecule has 0 radical (unpaired) electrons. The summed E-state index contributed by atoms with van der Waals surface area (Å²) in [6.45, 7) is 2.37. The number of para-hydroxylation sites is 1. The van der Waals surface area contributed by atoms with Crippen molar-refractivity contribution in [2.24, 2.45) is 0 Å². The first-order valence-electron chi connectivity index (χ1n) is 9.03. The van der Waals surface area contributed by atoms with E-state index in [1.807, 2.05) is 60.0 Å². The van der Waals surface area contributed by atoms with Crippen LogP contribution < -0.4 is 5.56 Å². The summed E-state index contributed by atoms with van der Waals surface area (Å²) >= 11 is 8.06. The van der Waals surface area contributed by atoms with Gasteiger partial charge in [-0.05, 0) is 31.3 Å². The van der Waals surface area contributed by atoms with Crippen molar-refractivity contribution >= 4 is 51.4 Å². The number of hydrogen-bond donors (Lipinski definition) is 0. The van der Waals surface area contributed by atoms with Gasteiger partial charge in [-0.25, -0.2) is 4.98 Å². The van der Waals surface area contributed by atoms with E-state index in [-0.39, 0.29) is 17.1 Å². The summed E-state index contributed by atoms with van der Waals surface area (Å²) < 4.78 is 4.52. The van der Waals surface area contributed by atoms with Crippen LogP contribution >= 0.6 is 35.3 Å². The molecule has 4 aromatic rings. The van der Waals surface area contributed by atoms with Crippen molar-refractivity contribution in [3.8, 4) is 5.69 Å². The minimum Gasteiger partial charge on any atom is -0.293 e. The lowest BCUT2D eigenvalue weighted by molar-refractivity contribution is 0.102. The lowest BCUT2D eigenvalue weighted by Gasteiger charge is -2.11. The van der Waals surface area contributed by atoms with Crippen molar-refractivity contribution in [2.75, 3.05) is 5.75 Å².